The summed E-state index contributed by atoms with van der Waals surface area (Å²) in [6.45, 7) is 2.04. The number of halogens is 2. The second-order valence-electron chi connectivity index (χ2n) is 6.76. The van der Waals surface area contributed by atoms with Gasteiger partial charge in [-0.2, -0.15) is 0 Å². The third-order valence-corrected chi connectivity index (χ3v) is 5.83. The molecular formula is C21H19Cl2NO2. The SMILES string of the molecule is O=C(/C=C/c1ccc(Cl)cc1Cl)N1CCC2(CC1)OCc1ccccc12. The molecule has 0 saturated carbocycles. The number of ether oxygens (including phenoxy) is 1. The van der Waals surface area contributed by atoms with Gasteiger partial charge in [0.15, 0.2) is 0 Å². The summed E-state index contributed by atoms with van der Waals surface area (Å²) in [4.78, 5) is 14.4. The molecule has 2 aromatic rings. The highest BCUT2D eigenvalue weighted by Crippen LogP contribution is 2.43. The summed E-state index contributed by atoms with van der Waals surface area (Å²) in [5.41, 5.74) is 3.11. The van der Waals surface area contributed by atoms with Gasteiger partial charge in [0.2, 0.25) is 5.91 Å². The van der Waals surface area contributed by atoms with Crippen molar-refractivity contribution >= 4 is 35.2 Å². The van der Waals surface area contributed by atoms with Crippen LogP contribution in [0, 0.1) is 0 Å². The van der Waals surface area contributed by atoms with E-state index in [9.17, 15) is 4.79 Å². The minimum Gasteiger partial charge on any atom is -0.365 e. The molecule has 0 atom stereocenters. The van der Waals surface area contributed by atoms with Crippen LogP contribution in [0.1, 0.15) is 29.5 Å². The molecule has 1 fully saturated rings. The number of likely N-dealkylation sites (tertiary alicyclic amines) is 1. The lowest BCUT2D eigenvalue weighted by Gasteiger charge is -2.39. The van der Waals surface area contributed by atoms with Gasteiger partial charge in [-0.15, -0.1) is 0 Å². The average molecular weight is 388 g/mol. The van der Waals surface area contributed by atoms with E-state index in [1.807, 2.05) is 17.0 Å². The molecule has 2 heterocycles. The maximum absolute atomic E-state index is 12.5. The second-order valence-corrected chi connectivity index (χ2v) is 7.61. The lowest BCUT2D eigenvalue weighted by molar-refractivity contribution is -0.133. The highest BCUT2D eigenvalue weighted by atomic mass is 35.5. The number of rotatable bonds is 2. The maximum atomic E-state index is 12.5. The molecule has 1 saturated heterocycles. The van der Waals surface area contributed by atoms with Gasteiger partial charge in [-0.05, 0) is 47.7 Å². The summed E-state index contributed by atoms with van der Waals surface area (Å²) in [6.07, 6.45) is 4.97. The van der Waals surface area contributed by atoms with Crippen molar-refractivity contribution in [3.63, 3.8) is 0 Å². The molecule has 0 bridgehead atoms. The summed E-state index contributed by atoms with van der Waals surface area (Å²) in [5.74, 6) is -0.00264. The number of amides is 1. The van der Waals surface area contributed by atoms with Crippen LogP contribution < -0.4 is 0 Å². The highest BCUT2D eigenvalue weighted by molar-refractivity contribution is 6.35. The van der Waals surface area contributed by atoms with Crippen LogP contribution in [0.25, 0.3) is 6.08 Å². The van der Waals surface area contributed by atoms with E-state index < -0.39 is 0 Å². The zero-order valence-electron chi connectivity index (χ0n) is 14.3. The van der Waals surface area contributed by atoms with Crippen LogP contribution in [0.4, 0.5) is 0 Å². The van der Waals surface area contributed by atoms with E-state index in [-0.39, 0.29) is 11.5 Å². The topological polar surface area (TPSA) is 29.5 Å². The minimum atomic E-state index is -0.226. The predicted octanol–water partition coefficient (Wildman–Crippen LogP) is 5.05. The Morgan fingerprint density at radius 2 is 1.88 bits per heavy atom. The number of piperidine rings is 1. The standard InChI is InChI=1S/C21H19Cl2NO2/c22-17-7-5-15(19(23)13-17)6-8-20(25)24-11-9-21(10-12-24)18-4-2-1-3-16(18)14-26-21/h1-8,13H,9-12,14H2/b8-6+. The highest BCUT2D eigenvalue weighted by Gasteiger charge is 2.42. The van der Waals surface area contributed by atoms with Crippen molar-refractivity contribution in [2.24, 2.45) is 0 Å². The average Bonchev–Trinajstić information content (AvgIpc) is 3.00. The molecule has 1 amide bonds. The van der Waals surface area contributed by atoms with Crippen molar-refractivity contribution < 1.29 is 9.53 Å². The van der Waals surface area contributed by atoms with Gasteiger partial charge < -0.3 is 9.64 Å². The molecule has 2 aliphatic heterocycles. The van der Waals surface area contributed by atoms with E-state index in [2.05, 4.69) is 18.2 Å². The molecular weight excluding hydrogens is 369 g/mol. The Balaban J connectivity index is 1.42. The van der Waals surface area contributed by atoms with Crippen LogP contribution in [0.2, 0.25) is 10.0 Å². The van der Waals surface area contributed by atoms with Crippen molar-refractivity contribution in [1.82, 2.24) is 4.90 Å². The summed E-state index contributed by atoms with van der Waals surface area (Å²) in [7, 11) is 0. The van der Waals surface area contributed by atoms with Gasteiger partial charge in [0.1, 0.15) is 0 Å². The molecule has 26 heavy (non-hydrogen) atoms. The largest absolute Gasteiger partial charge is 0.365 e. The van der Waals surface area contributed by atoms with Crippen LogP contribution in [0.3, 0.4) is 0 Å². The quantitative estimate of drug-likeness (QED) is 0.674. The Kier molecular flexibility index (Phi) is 4.78. The molecule has 3 nitrogen and oxygen atoms in total. The van der Waals surface area contributed by atoms with E-state index in [0.29, 0.717) is 29.7 Å². The molecule has 0 N–H and O–H groups in total. The summed E-state index contributed by atoms with van der Waals surface area (Å²) in [6, 6.07) is 13.6. The van der Waals surface area contributed by atoms with Gasteiger partial charge in [0, 0.05) is 29.2 Å². The Bertz CT molecular complexity index is 870. The normalized spacial score (nSPS) is 18.5. The van der Waals surface area contributed by atoms with Gasteiger partial charge in [-0.25, -0.2) is 0 Å². The Morgan fingerprint density at radius 3 is 2.65 bits per heavy atom. The van der Waals surface area contributed by atoms with Crippen molar-refractivity contribution in [1.29, 1.82) is 0 Å². The maximum Gasteiger partial charge on any atom is 0.246 e. The lowest BCUT2D eigenvalue weighted by atomic mass is 9.84. The monoisotopic (exact) mass is 387 g/mol. The first-order valence-electron chi connectivity index (χ1n) is 8.72. The molecule has 0 unspecified atom stereocenters. The van der Waals surface area contributed by atoms with Crippen molar-refractivity contribution in [3.05, 3.63) is 75.3 Å². The van der Waals surface area contributed by atoms with E-state index in [1.54, 1.807) is 24.3 Å². The predicted molar refractivity (Wildman–Crippen MR) is 104 cm³/mol. The van der Waals surface area contributed by atoms with Crippen LogP contribution in [-0.2, 0) is 21.7 Å². The van der Waals surface area contributed by atoms with Gasteiger partial charge >= 0.3 is 0 Å². The number of nitrogens with zero attached hydrogens (tertiary/aromatic N) is 1. The lowest BCUT2D eigenvalue weighted by Crippen LogP contribution is -2.44. The molecule has 4 rings (SSSR count). The molecule has 0 radical (unpaired) electrons. The minimum absolute atomic E-state index is 0.00264. The van der Waals surface area contributed by atoms with E-state index >= 15 is 0 Å². The first-order valence-corrected chi connectivity index (χ1v) is 9.47. The number of benzene rings is 2. The van der Waals surface area contributed by atoms with Crippen molar-refractivity contribution in [2.75, 3.05) is 13.1 Å². The summed E-state index contributed by atoms with van der Waals surface area (Å²) in [5, 5.41) is 1.12. The Labute approximate surface area is 163 Å². The third-order valence-electron chi connectivity index (χ3n) is 5.26. The number of carbonyl (C=O) groups excluding carboxylic acids is 1. The van der Waals surface area contributed by atoms with E-state index in [4.69, 9.17) is 27.9 Å². The molecule has 0 aliphatic carbocycles. The first-order chi connectivity index (χ1) is 12.6. The first kappa shape index (κ1) is 17.6. The fourth-order valence-electron chi connectivity index (χ4n) is 3.79. The van der Waals surface area contributed by atoms with Crippen LogP contribution in [0.5, 0.6) is 0 Å². The van der Waals surface area contributed by atoms with Crippen molar-refractivity contribution in [3.8, 4) is 0 Å². The Morgan fingerprint density at radius 1 is 1.12 bits per heavy atom. The summed E-state index contributed by atoms with van der Waals surface area (Å²) < 4.78 is 6.15. The van der Waals surface area contributed by atoms with E-state index in [1.165, 1.54) is 11.1 Å². The molecule has 0 aromatic heterocycles. The third kappa shape index (κ3) is 3.27. The van der Waals surface area contributed by atoms with Gasteiger partial charge in [0.05, 0.1) is 12.2 Å². The molecule has 134 valence electrons. The van der Waals surface area contributed by atoms with Gasteiger partial charge in [-0.3, -0.25) is 4.79 Å². The fraction of sp³-hybridized carbons (Fsp3) is 0.286. The van der Waals surface area contributed by atoms with Gasteiger partial charge in [0.25, 0.3) is 0 Å². The van der Waals surface area contributed by atoms with Crippen LogP contribution in [0.15, 0.2) is 48.5 Å². The fourth-order valence-corrected chi connectivity index (χ4v) is 4.26. The second kappa shape index (κ2) is 7.07. The van der Waals surface area contributed by atoms with Gasteiger partial charge in [-0.1, -0.05) is 53.5 Å². The zero-order chi connectivity index (χ0) is 18.1. The van der Waals surface area contributed by atoms with Crippen molar-refractivity contribution in [2.45, 2.75) is 25.0 Å². The number of hydrogen-bond donors (Lipinski definition) is 0. The van der Waals surface area contributed by atoms with E-state index in [0.717, 1.165) is 18.4 Å². The number of hydrogen-bond acceptors (Lipinski definition) is 2. The number of carbonyl (C=O) groups is 1. The smallest absolute Gasteiger partial charge is 0.246 e. The van der Waals surface area contributed by atoms with Crippen LogP contribution in [-0.4, -0.2) is 23.9 Å². The van der Waals surface area contributed by atoms with Crippen LogP contribution >= 0.6 is 23.2 Å². The molecule has 2 aromatic carbocycles. The Hall–Kier alpha value is -1.81. The molecule has 1 spiro atoms. The number of fused-ring (bicyclic) bond motifs is 2. The summed E-state index contributed by atoms with van der Waals surface area (Å²) >= 11 is 12.1. The molecule has 5 heteroatoms. The zero-order valence-corrected chi connectivity index (χ0v) is 15.8. The molecule has 2 aliphatic rings.